The quantitative estimate of drug-likeness (QED) is 0.102. The van der Waals surface area contributed by atoms with Crippen molar-refractivity contribution >= 4 is 35.0 Å². The van der Waals surface area contributed by atoms with Crippen molar-refractivity contribution in [1.29, 1.82) is 0 Å². The second kappa shape index (κ2) is 16.3. The highest BCUT2D eigenvalue weighted by atomic mass is 16.5. The third-order valence-electron chi connectivity index (χ3n) is 14.8. The van der Waals surface area contributed by atoms with Crippen LogP contribution in [0.4, 0.5) is 9.59 Å². The van der Waals surface area contributed by atoms with Crippen LogP contribution in [-0.2, 0) is 19.1 Å². The van der Waals surface area contributed by atoms with Gasteiger partial charge in [-0.3, -0.25) is 19.5 Å². The molecule has 16 heteroatoms. The summed E-state index contributed by atoms with van der Waals surface area (Å²) in [6.07, 6.45) is 7.95. The number of piperidine rings is 1. The van der Waals surface area contributed by atoms with E-state index in [4.69, 9.17) is 24.4 Å². The minimum absolute atomic E-state index is 0.112. The minimum atomic E-state index is -0.699. The number of H-pyrrole nitrogens is 2. The van der Waals surface area contributed by atoms with Crippen LogP contribution in [0, 0.1) is 11.8 Å². The van der Waals surface area contributed by atoms with Crippen molar-refractivity contribution in [2.45, 2.75) is 115 Å². The number of pyridine rings is 1. The van der Waals surface area contributed by atoms with E-state index in [0.717, 1.165) is 83.5 Å². The van der Waals surface area contributed by atoms with Gasteiger partial charge in [-0.1, -0.05) is 45.9 Å². The number of carbonyl (C=O) groups is 4. The Morgan fingerprint density at radius 2 is 1.29 bits per heavy atom. The van der Waals surface area contributed by atoms with Gasteiger partial charge in [0.2, 0.25) is 11.8 Å². The lowest BCUT2D eigenvalue weighted by Gasteiger charge is -2.65. The number of hydrogen-bond acceptors (Lipinski definition) is 10. The number of fused-ring (bicyclic) bond motifs is 4. The summed E-state index contributed by atoms with van der Waals surface area (Å²) in [6, 6.07) is 13.9. The van der Waals surface area contributed by atoms with Gasteiger partial charge in [0.1, 0.15) is 23.7 Å². The van der Waals surface area contributed by atoms with Crippen molar-refractivity contribution in [2.75, 3.05) is 27.3 Å². The van der Waals surface area contributed by atoms with Gasteiger partial charge in [-0.05, 0) is 104 Å². The lowest BCUT2D eigenvalue weighted by atomic mass is 9.68. The Hall–Kier alpha value is -6.29. The van der Waals surface area contributed by atoms with E-state index in [1.807, 2.05) is 49.9 Å². The number of imidazole rings is 2. The van der Waals surface area contributed by atoms with Crippen LogP contribution in [0.2, 0.25) is 0 Å². The van der Waals surface area contributed by atoms with E-state index >= 15 is 0 Å². The van der Waals surface area contributed by atoms with Gasteiger partial charge in [0.25, 0.3) is 0 Å². The van der Waals surface area contributed by atoms with Crippen molar-refractivity contribution in [1.82, 2.24) is 50.3 Å². The lowest BCUT2D eigenvalue weighted by Crippen LogP contribution is -2.66. The molecule has 8 heterocycles. The van der Waals surface area contributed by atoms with Crippen LogP contribution in [0.5, 0.6) is 0 Å². The second-order valence-electron chi connectivity index (χ2n) is 19.4. The third-order valence-corrected chi connectivity index (χ3v) is 14.8. The third kappa shape index (κ3) is 7.11. The number of ether oxygens (including phenoxy) is 2. The van der Waals surface area contributed by atoms with Crippen LogP contribution >= 0.6 is 0 Å². The zero-order valence-electron chi connectivity index (χ0n) is 38.1. The Morgan fingerprint density at radius 3 is 1.86 bits per heavy atom. The maximum Gasteiger partial charge on any atom is 0.407 e. The number of nitrogens with zero attached hydrogens (tertiary/aromatic N) is 6. The van der Waals surface area contributed by atoms with Gasteiger partial charge in [0, 0.05) is 48.0 Å². The average molecular weight is 883 g/mol. The fourth-order valence-corrected chi connectivity index (χ4v) is 11.5. The molecule has 0 aliphatic carbocycles. The molecule has 65 heavy (non-hydrogen) atoms. The fourth-order valence-electron chi connectivity index (χ4n) is 11.5. The first-order chi connectivity index (χ1) is 31.3. The molecule has 4 fully saturated rings. The molecular weight excluding hydrogens is 825 g/mol. The molecule has 340 valence electrons. The van der Waals surface area contributed by atoms with Crippen LogP contribution < -0.4 is 10.6 Å². The Bertz CT molecular complexity index is 2690. The molecule has 16 nitrogen and oxygen atoms in total. The number of aromatic amines is 2. The van der Waals surface area contributed by atoms with E-state index in [9.17, 15) is 19.2 Å². The number of aromatic nitrogens is 5. The van der Waals surface area contributed by atoms with Gasteiger partial charge >= 0.3 is 12.2 Å². The SMILES string of the molecule is COC(=O)N[C@H](C(=O)N1CCC[C@H]1c1ncc(-c2ccc(-c3ccc(-c4ccc5nc([C@@H]6CCCN6C(=O)[C@@H](NC(=O)OC)C(C)C)[nH]c5c4)c4c3C3CC5(C)CC4N35)nc2)[nH]1)C(C)C. The molecule has 4 saturated heterocycles. The number of nitrogens with one attached hydrogen (secondary N) is 4. The standard InChI is InChI=1S/C49H58N10O6/c1-25(2)41(55-47(62)64-6)45(60)57-18-8-10-35(57)43-51-24-34(54-43)28-13-16-31(50-23-28)30-15-14-29(39-37-21-49(5)22-38(40(30)39)59(37)49)27-12-17-32-33(20-27)53-44(52-32)36-11-9-19-58(36)46(61)42(26(3)4)56-48(63)65-7/h12-17,20,23-26,35-38,41-42H,8-11,18-19,21-22H2,1-7H3,(H,51,54)(H,52,53)(H,55,62)(H,56,63)/t35-,36-,37?,38?,41-,42-,49?/m0/s1. The molecular formula is C49H58N10O6. The smallest absolute Gasteiger partial charge is 0.407 e. The molecule has 0 saturated carbocycles. The van der Waals surface area contributed by atoms with Crippen molar-refractivity contribution < 1.29 is 28.7 Å². The molecule has 5 aromatic rings. The van der Waals surface area contributed by atoms with E-state index in [2.05, 4.69) is 74.9 Å². The molecule has 0 radical (unpaired) electrons. The fraction of sp³-hybridized carbons (Fsp3) is 0.490. The van der Waals surface area contributed by atoms with E-state index < -0.39 is 24.3 Å². The largest absolute Gasteiger partial charge is 0.453 e. The number of amides is 4. The number of alkyl carbamates (subject to hydrolysis) is 2. The predicted molar refractivity (Wildman–Crippen MR) is 243 cm³/mol. The van der Waals surface area contributed by atoms with Gasteiger partial charge in [-0.2, -0.15) is 0 Å². The van der Waals surface area contributed by atoms with Gasteiger partial charge in [0.05, 0.1) is 54.9 Å². The summed E-state index contributed by atoms with van der Waals surface area (Å²) in [5.74, 6) is 0.970. The molecule has 2 aromatic carbocycles. The molecule has 5 aliphatic heterocycles. The lowest BCUT2D eigenvalue weighted by molar-refractivity contribution is -0.177. The number of benzene rings is 2. The maximum absolute atomic E-state index is 13.8. The zero-order chi connectivity index (χ0) is 45.5. The topological polar surface area (TPSA) is 191 Å². The predicted octanol–water partition coefficient (Wildman–Crippen LogP) is 7.73. The summed E-state index contributed by atoms with van der Waals surface area (Å²) in [7, 11) is 2.60. The highest BCUT2D eigenvalue weighted by Crippen LogP contribution is 2.71. The van der Waals surface area contributed by atoms with E-state index in [-0.39, 0.29) is 41.3 Å². The highest BCUT2D eigenvalue weighted by Gasteiger charge is 2.66. The minimum Gasteiger partial charge on any atom is -0.453 e. The van der Waals surface area contributed by atoms with E-state index in [1.54, 1.807) is 0 Å². The van der Waals surface area contributed by atoms with Crippen molar-refractivity contribution in [2.24, 2.45) is 11.8 Å². The highest BCUT2D eigenvalue weighted by molar-refractivity contribution is 5.89. The first-order valence-corrected chi connectivity index (χ1v) is 23.1. The van der Waals surface area contributed by atoms with Gasteiger partial charge in [-0.25, -0.2) is 19.6 Å². The summed E-state index contributed by atoms with van der Waals surface area (Å²) in [4.78, 5) is 80.0. The average Bonchev–Trinajstić information content (AvgIpc) is 4.15. The molecule has 7 atom stereocenters. The number of likely N-dealkylation sites (tertiary alicyclic amines) is 2. The number of hydrogen-bond donors (Lipinski definition) is 4. The van der Waals surface area contributed by atoms with Crippen LogP contribution in [-0.4, -0.2) is 109 Å². The molecule has 0 bridgehead atoms. The van der Waals surface area contributed by atoms with E-state index in [0.29, 0.717) is 31.0 Å². The molecule has 5 aliphatic rings. The summed E-state index contributed by atoms with van der Waals surface area (Å²) in [5, 5.41) is 5.46. The van der Waals surface area contributed by atoms with Gasteiger partial charge < -0.3 is 39.9 Å². The Morgan fingerprint density at radius 1 is 0.708 bits per heavy atom. The summed E-state index contributed by atoms with van der Waals surface area (Å²) in [6.45, 7) is 11.2. The Kier molecular flexibility index (Phi) is 10.7. The van der Waals surface area contributed by atoms with Crippen molar-refractivity contribution in [3.05, 3.63) is 77.6 Å². The molecule has 4 amide bonds. The van der Waals surface area contributed by atoms with E-state index in [1.165, 1.54) is 30.9 Å². The molecule has 4 N–H and O–H groups in total. The molecule has 0 spiro atoms. The monoisotopic (exact) mass is 882 g/mol. The van der Waals surface area contributed by atoms with Crippen molar-refractivity contribution in [3.63, 3.8) is 0 Å². The number of carbonyl (C=O) groups excluding carboxylic acids is 4. The first kappa shape index (κ1) is 42.6. The maximum atomic E-state index is 13.8. The van der Waals surface area contributed by atoms with Crippen LogP contribution in [0.1, 0.15) is 120 Å². The van der Waals surface area contributed by atoms with Crippen LogP contribution in [0.25, 0.3) is 44.7 Å². The molecule has 3 aromatic heterocycles. The summed E-state index contributed by atoms with van der Waals surface area (Å²) < 4.78 is 9.62. The number of rotatable bonds is 11. The number of methoxy groups -OCH3 is 2. The van der Waals surface area contributed by atoms with Crippen LogP contribution in [0.3, 0.4) is 0 Å². The van der Waals surface area contributed by atoms with Crippen LogP contribution in [0.15, 0.2) is 54.9 Å². The summed E-state index contributed by atoms with van der Waals surface area (Å²) >= 11 is 0. The second-order valence-corrected chi connectivity index (χ2v) is 19.4. The van der Waals surface area contributed by atoms with Gasteiger partial charge in [-0.15, -0.1) is 0 Å². The normalized spacial score (nSPS) is 24.1. The Labute approximate surface area is 378 Å². The molecule has 10 rings (SSSR count). The Balaban J connectivity index is 0.909. The first-order valence-electron chi connectivity index (χ1n) is 23.1. The molecule has 3 unspecified atom stereocenters. The van der Waals surface area contributed by atoms with Gasteiger partial charge in [0.15, 0.2) is 0 Å². The summed E-state index contributed by atoms with van der Waals surface area (Å²) in [5.41, 5.74) is 10.9. The zero-order valence-corrected chi connectivity index (χ0v) is 38.1. The van der Waals surface area contributed by atoms with Crippen molar-refractivity contribution in [3.8, 4) is 33.6 Å².